The van der Waals surface area contributed by atoms with Crippen molar-refractivity contribution < 1.29 is 10.0 Å². The Morgan fingerprint density at radius 1 is 1.50 bits per heavy atom. The SMILES string of the molecule is CC(CC(N)=NO)NCC(=O)NC(C)(C)C. The van der Waals surface area contributed by atoms with Crippen molar-refractivity contribution in [3.05, 3.63) is 0 Å². The zero-order chi connectivity index (χ0) is 12.8. The van der Waals surface area contributed by atoms with E-state index < -0.39 is 0 Å². The molecule has 0 aliphatic carbocycles. The molecule has 0 bridgehead atoms. The van der Waals surface area contributed by atoms with Crippen LogP contribution in [0.3, 0.4) is 0 Å². The largest absolute Gasteiger partial charge is 0.409 e. The first kappa shape index (κ1) is 14.7. The maximum Gasteiger partial charge on any atom is 0.234 e. The number of amidine groups is 1. The Hall–Kier alpha value is -1.30. The number of nitrogens with one attached hydrogen (secondary N) is 2. The molecule has 0 aromatic rings. The van der Waals surface area contributed by atoms with Crippen molar-refractivity contribution in [2.45, 2.75) is 45.7 Å². The Labute approximate surface area is 96.3 Å². The van der Waals surface area contributed by atoms with Crippen molar-refractivity contribution in [3.63, 3.8) is 0 Å². The standard InChI is InChI=1S/C10H22N4O2/c1-7(5-8(11)14-16)12-6-9(15)13-10(2,3)4/h7,12,16H,5-6H2,1-4H3,(H2,11,14)(H,13,15). The van der Waals surface area contributed by atoms with Gasteiger partial charge in [0.1, 0.15) is 5.84 Å². The van der Waals surface area contributed by atoms with Gasteiger partial charge >= 0.3 is 0 Å². The van der Waals surface area contributed by atoms with Crippen LogP contribution in [0.15, 0.2) is 5.16 Å². The van der Waals surface area contributed by atoms with Crippen LogP contribution in [-0.2, 0) is 4.79 Å². The van der Waals surface area contributed by atoms with Gasteiger partial charge < -0.3 is 21.6 Å². The van der Waals surface area contributed by atoms with Gasteiger partial charge in [0, 0.05) is 18.0 Å². The van der Waals surface area contributed by atoms with Gasteiger partial charge in [0.15, 0.2) is 0 Å². The van der Waals surface area contributed by atoms with Crippen LogP contribution < -0.4 is 16.4 Å². The lowest BCUT2D eigenvalue weighted by atomic mass is 10.1. The lowest BCUT2D eigenvalue weighted by Crippen LogP contribution is -2.46. The molecular weight excluding hydrogens is 208 g/mol. The minimum Gasteiger partial charge on any atom is -0.409 e. The second-order valence-corrected chi connectivity index (χ2v) is 4.88. The van der Waals surface area contributed by atoms with Crippen LogP contribution in [0.5, 0.6) is 0 Å². The molecule has 1 amide bonds. The number of rotatable bonds is 5. The molecule has 0 saturated carbocycles. The molecular formula is C10H22N4O2. The number of oxime groups is 1. The van der Waals surface area contributed by atoms with Crippen molar-refractivity contribution in [2.75, 3.05) is 6.54 Å². The molecule has 0 aliphatic rings. The second kappa shape index (κ2) is 6.32. The molecule has 6 heteroatoms. The van der Waals surface area contributed by atoms with Crippen LogP contribution in [0.25, 0.3) is 0 Å². The summed E-state index contributed by atoms with van der Waals surface area (Å²) < 4.78 is 0. The van der Waals surface area contributed by atoms with Crippen molar-refractivity contribution in [1.82, 2.24) is 10.6 Å². The fraction of sp³-hybridized carbons (Fsp3) is 0.800. The summed E-state index contributed by atoms with van der Waals surface area (Å²) in [6.45, 7) is 7.85. The highest BCUT2D eigenvalue weighted by Gasteiger charge is 2.14. The summed E-state index contributed by atoms with van der Waals surface area (Å²) in [5.74, 6) is 0.0788. The third kappa shape index (κ3) is 8.05. The summed E-state index contributed by atoms with van der Waals surface area (Å²) in [5, 5.41) is 17.1. The van der Waals surface area contributed by atoms with Crippen LogP contribution in [-0.4, -0.2) is 35.1 Å². The highest BCUT2D eigenvalue weighted by atomic mass is 16.4. The zero-order valence-corrected chi connectivity index (χ0v) is 10.4. The van der Waals surface area contributed by atoms with Gasteiger partial charge in [0.25, 0.3) is 0 Å². The van der Waals surface area contributed by atoms with E-state index in [0.29, 0.717) is 6.42 Å². The molecule has 0 rings (SSSR count). The molecule has 0 fully saturated rings. The quantitative estimate of drug-likeness (QED) is 0.231. The normalized spacial score (nSPS) is 14.6. The minimum absolute atomic E-state index is 0.0124. The van der Waals surface area contributed by atoms with Gasteiger partial charge in [0.05, 0.1) is 6.54 Å². The van der Waals surface area contributed by atoms with E-state index in [4.69, 9.17) is 10.9 Å². The van der Waals surface area contributed by atoms with Crippen molar-refractivity contribution in [2.24, 2.45) is 10.9 Å². The first-order valence-electron chi connectivity index (χ1n) is 5.25. The van der Waals surface area contributed by atoms with E-state index in [0.717, 1.165) is 0 Å². The minimum atomic E-state index is -0.229. The highest BCUT2D eigenvalue weighted by Crippen LogP contribution is 1.97. The molecule has 1 unspecified atom stereocenters. The van der Waals surface area contributed by atoms with E-state index in [1.54, 1.807) is 0 Å². The number of carbonyl (C=O) groups is 1. The fourth-order valence-electron chi connectivity index (χ4n) is 1.16. The number of amides is 1. The Morgan fingerprint density at radius 2 is 2.06 bits per heavy atom. The molecule has 1 atom stereocenters. The molecule has 0 aromatic carbocycles. The Balaban J connectivity index is 3.84. The monoisotopic (exact) mass is 230 g/mol. The molecule has 0 spiro atoms. The molecule has 16 heavy (non-hydrogen) atoms. The molecule has 0 aliphatic heterocycles. The molecule has 0 heterocycles. The van der Waals surface area contributed by atoms with E-state index in [9.17, 15) is 4.79 Å². The highest BCUT2D eigenvalue weighted by molar-refractivity contribution is 5.81. The van der Waals surface area contributed by atoms with Crippen molar-refractivity contribution in [3.8, 4) is 0 Å². The number of nitrogens with zero attached hydrogens (tertiary/aromatic N) is 1. The summed E-state index contributed by atoms with van der Waals surface area (Å²) in [7, 11) is 0. The third-order valence-corrected chi connectivity index (χ3v) is 1.77. The molecule has 94 valence electrons. The van der Waals surface area contributed by atoms with Gasteiger partial charge in [-0.25, -0.2) is 0 Å². The summed E-state index contributed by atoms with van der Waals surface area (Å²) in [5.41, 5.74) is 5.11. The van der Waals surface area contributed by atoms with Crippen LogP contribution in [0.2, 0.25) is 0 Å². The summed E-state index contributed by atoms with van der Waals surface area (Å²) in [6, 6.07) is -0.0124. The van der Waals surface area contributed by atoms with Crippen molar-refractivity contribution >= 4 is 11.7 Å². The number of hydrogen-bond donors (Lipinski definition) is 4. The van der Waals surface area contributed by atoms with Gasteiger partial charge in [0.2, 0.25) is 5.91 Å². The van der Waals surface area contributed by atoms with Gasteiger partial charge in [-0.2, -0.15) is 0 Å². The maximum atomic E-state index is 11.4. The summed E-state index contributed by atoms with van der Waals surface area (Å²) in [4.78, 5) is 11.4. The number of carbonyl (C=O) groups excluding carboxylic acids is 1. The first-order valence-corrected chi connectivity index (χ1v) is 5.25. The Bertz CT molecular complexity index is 258. The van der Waals surface area contributed by atoms with Crippen LogP contribution in [0.1, 0.15) is 34.1 Å². The Morgan fingerprint density at radius 3 is 2.50 bits per heavy atom. The lowest BCUT2D eigenvalue weighted by Gasteiger charge is -2.21. The molecule has 0 radical (unpaired) electrons. The van der Waals surface area contributed by atoms with E-state index in [1.165, 1.54) is 0 Å². The van der Waals surface area contributed by atoms with Crippen LogP contribution in [0.4, 0.5) is 0 Å². The molecule has 0 saturated heterocycles. The van der Waals surface area contributed by atoms with Crippen LogP contribution >= 0.6 is 0 Å². The zero-order valence-electron chi connectivity index (χ0n) is 10.4. The second-order valence-electron chi connectivity index (χ2n) is 4.88. The lowest BCUT2D eigenvalue weighted by molar-refractivity contribution is -0.121. The number of hydrogen-bond acceptors (Lipinski definition) is 4. The fourth-order valence-corrected chi connectivity index (χ4v) is 1.16. The van der Waals surface area contributed by atoms with Gasteiger partial charge in [-0.3, -0.25) is 4.79 Å². The van der Waals surface area contributed by atoms with E-state index in [1.807, 2.05) is 27.7 Å². The smallest absolute Gasteiger partial charge is 0.234 e. The van der Waals surface area contributed by atoms with Gasteiger partial charge in [-0.1, -0.05) is 5.16 Å². The third-order valence-electron chi connectivity index (χ3n) is 1.77. The van der Waals surface area contributed by atoms with E-state index >= 15 is 0 Å². The van der Waals surface area contributed by atoms with Crippen molar-refractivity contribution in [1.29, 1.82) is 0 Å². The van der Waals surface area contributed by atoms with E-state index in [2.05, 4.69) is 15.8 Å². The molecule has 0 aromatic heterocycles. The summed E-state index contributed by atoms with van der Waals surface area (Å²) >= 11 is 0. The first-order chi connectivity index (χ1) is 7.24. The number of nitrogens with two attached hydrogens (primary N) is 1. The topological polar surface area (TPSA) is 99.7 Å². The summed E-state index contributed by atoms with van der Waals surface area (Å²) in [6.07, 6.45) is 0.402. The van der Waals surface area contributed by atoms with Gasteiger partial charge in [-0.15, -0.1) is 0 Å². The van der Waals surface area contributed by atoms with Gasteiger partial charge in [-0.05, 0) is 27.7 Å². The molecule has 5 N–H and O–H groups in total. The predicted molar refractivity (Wildman–Crippen MR) is 63.4 cm³/mol. The average molecular weight is 230 g/mol. The van der Waals surface area contributed by atoms with E-state index in [-0.39, 0.29) is 29.9 Å². The maximum absolute atomic E-state index is 11.4. The Kier molecular flexibility index (Phi) is 5.81. The predicted octanol–water partition coefficient (Wildman–Crippen LogP) is 0.0157. The average Bonchev–Trinajstić information content (AvgIpc) is 2.12. The van der Waals surface area contributed by atoms with Crippen LogP contribution in [0, 0.1) is 0 Å². The molecule has 6 nitrogen and oxygen atoms in total.